The molecule has 0 aromatic heterocycles. The molecule has 18 heavy (non-hydrogen) atoms. The second-order valence-electron chi connectivity index (χ2n) is 5.82. The number of hydrogen-bond acceptors (Lipinski definition) is 2. The number of carbonyl (C=O) groups excluding carboxylic acids is 1. The van der Waals surface area contributed by atoms with E-state index in [4.69, 9.17) is 0 Å². The highest BCUT2D eigenvalue weighted by molar-refractivity contribution is 5.77. The molecule has 0 aromatic carbocycles. The Bertz CT molecular complexity index is 316. The summed E-state index contributed by atoms with van der Waals surface area (Å²) in [6.07, 6.45) is 12.2. The molecule has 0 saturated heterocycles. The largest absolute Gasteiger partial charge is 0.389 e. The minimum Gasteiger partial charge on any atom is -0.389 e. The van der Waals surface area contributed by atoms with Gasteiger partial charge < -0.3 is 10.4 Å². The Morgan fingerprint density at radius 2 is 2.06 bits per heavy atom. The van der Waals surface area contributed by atoms with E-state index in [2.05, 4.69) is 11.4 Å². The summed E-state index contributed by atoms with van der Waals surface area (Å²) in [4.78, 5) is 11.8. The second kappa shape index (κ2) is 6.37. The molecule has 2 aliphatic rings. The van der Waals surface area contributed by atoms with Gasteiger partial charge in [-0.05, 0) is 44.9 Å². The Hall–Kier alpha value is -0.830. The van der Waals surface area contributed by atoms with E-state index >= 15 is 0 Å². The number of carbonyl (C=O) groups is 1. The van der Waals surface area contributed by atoms with Gasteiger partial charge >= 0.3 is 0 Å². The predicted octanol–water partition coefficient (Wildman–Crippen LogP) is 2.69. The third-order valence-corrected chi connectivity index (χ3v) is 4.18. The fourth-order valence-corrected chi connectivity index (χ4v) is 3.07. The third kappa shape index (κ3) is 4.13. The van der Waals surface area contributed by atoms with Crippen molar-refractivity contribution < 1.29 is 9.90 Å². The summed E-state index contributed by atoms with van der Waals surface area (Å²) in [6, 6.07) is 0. The van der Waals surface area contributed by atoms with Gasteiger partial charge in [-0.2, -0.15) is 0 Å². The molecule has 1 amide bonds. The van der Waals surface area contributed by atoms with E-state index in [0.29, 0.717) is 0 Å². The fourth-order valence-electron chi connectivity index (χ4n) is 3.07. The Balaban J connectivity index is 1.64. The number of allylic oxidation sites excluding steroid dienone is 1. The number of amides is 1. The van der Waals surface area contributed by atoms with Crippen molar-refractivity contribution in [1.82, 2.24) is 5.32 Å². The maximum absolute atomic E-state index is 11.8. The van der Waals surface area contributed by atoms with E-state index in [1.54, 1.807) is 0 Å². The standard InChI is InChI=1S/C15H25NO2/c17-14(12-15(18)9-4-5-10-15)16-11-8-13-6-2-1-3-7-13/h6,18H,1-5,7-12H2,(H,16,17). The van der Waals surface area contributed by atoms with Gasteiger partial charge in [-0.1, -0.05) is 24.5 Å². The first kappa shape index (κ1) is 13.6. The molecule has 0 atom stereocenters. The maximum Gasteiger partial charge on any atom is 0.222 e. The van der Waals surface area contributed by atoms with Crippen LogP contribution in [-0.2, 0) is 4.79 Å². The second-order valence-corrected chi connectivity index (χ2v) is 5.82. The molecular weight excluding hydrogens is 226 g/mol. The van der Waals surface area contributed by atoms with E-state index in [9.17, 15) is 9.90 Å². The Morgan fingerprint density at radius 1 is 1.28 bits per heavy atom. The number of hydrogen-bond donors (Lipinski definition) is 2. The van der Waals surface area contributed by atoms with Gasteiger partial charge in [-0.25, -0.2) is 0 Å². The highest BCUT2D eigenvalue weighted by Gasteiger charge is 2.33. The highest BCUT2D eigenvalue weighted by atomic mass is 16.3. The SMILES string of the molecule is O=C(CC1(O)CCCC1)NCCC1=CCCCC1. The number of rotatable bonds is 5. The summed E-state index contributed by atoms with van der Waals surface area (Å²) in [7, 11) is 0. The molecule has 102 valence electrons. The van der Waals surface area contributed by atoms with Gasteiger partial charge in [0.2, 0.25) is 5.91 Å². The molecule has 0 heterocycles. The maximum atomic E-state index is 11.8. The summed E-state index contributed by atoms with van der Waals surface area (Å²) in [5, 5.41) is 13.1. The minimum absolute atomic E-state index is 0.0100. The van der Waals surface area contributed by atoms with E-state index in [0.717, 1.165) is 38.6 Å². The van der Waals surface area contributed by atoms with Crippen molar-refractivity contribution in [2.24, 2.45) is 0 Å². The van der Waals surface area contributed by atoms with Gasteiger partial charge in [0.05, 0.1) is 12.0 Å². The van der Waals surface area contributed by atoms with Gasteiger partial charge in [-0.3, -0.25) is 4.79 Å². The fraction of sp³-hybridized carbons (Fsp3) is 0.800. The van der Waals surface area contributed by atoms with Crippen molar-refractivity contribution in [3.05, 3.63) is 11.6 Å². The van der Waals surface area contributed by atoms with Crippen molar-refractivity contribution >= 4 is 5.91 Å². The van der Waals surface area contributed by atoms with Crippen LogP contribution in [0.1, 0.15) is 64.2 Å². The normalized spacial score (nSPS) is 22.6. The van der Waals surface area contributed by atoms with Gasteiger partial charge in [0.15, 0.2) is 0 Å². The summed E-state index contributed by atoms with van der Waals surface area (Å²) < 4.78 is 0. The molecular formula is C15H25NO2. The first-order valence-corrected chi connectivity index (χ1v) is 7.35. The van der Waals surface area contributed by atoms with Crippen LogP contribution < -0.4 is 5.32 Å². The molecule has 0 aromatic rings. The van der Waals surface area contributed by atoms with Crippen LogP contribution in [0.4, 0.5) is 0 Å². The van der Waals surface area contributed by atoms with Crippen molar-refractivity contribution in [1.29, 1.82) is 0 Å². The van der Waals surface area contributed by atoms with Crippen molar-refractivity contribution in [2.45, 2.75) is 69.8 Å². The Morgan fingerprint density at radius 3 is 2.72 bits per heavy atom. The molecule has 0 unspecified atom stereocenters. The van der Waals surface area contributed by atoms with Crippen LogP contribution in [0.2, 0.25) is 0 Å². The van der Waals surface area contributed by atoms with Gasteiger partial charge in [0, 0.05) is 6.54 Å². The summed E-state index contributed by atoms with van der Waals surface area (Å²) >= 11 is 0. The lowest BCUT2D eigenvalue weighted by Gasteiger charge is -2.21. The molecule has 0 bridgehead atoms. The average molecular weight is 251 g/mol. The van der Waals surface area contributed by atoms with Gasteiger partial charge in [0.1, 0.15) is 0 Å². The summed E-state index contributed by atoms with van der Waals surface area (Å²) in [6.45, 7) is 0.723. The highest BCUT2D eigenvalue weighted by Crippen LogP contribution is 2.32. The molecule has 3 heteroatoms. The number of aliphatic hydroxyl groups is 1. The lowest BCUT2D eigenvalue weighted by molar-refractivity contribution is -0.125. The van der Waals surface area contributed by atoms with E-state index in [-0.39, 0.29) is 12.3 Å². The monoisotopic (exact) mass is 251 g/mol. The molecule has 0 aliphatic heterocycles. The van der Waals surface area contributed by atoms with Crippen LogP contribution in [0.25, 0.3) is 0 Å². The zero-order valence-electron chi connectivity index (χ0n) is 11.2. The van der Waals surface area contributed by atoms with Crippen molar-refractivity contribution in [3.8, 4) is 0 Å². The average Bonchev–Trinajstić information content (AvgIpc) is 2.77. The van der Waals surface area contributed by atoms with Gasteiger partial charge in [0.25, 0.3) is 0 Å². The first-order chi connectivity index (χ1) is 8.68. The summed E-state index contributed by atoms with van der Waals surface area (Å²) in [5.74, 6) is 0.0100. The summed E-state index contributed by atoms with van der Waals surface area (Å²) in [5.41, 5.74) is 0.773. The lowest BCUT2D eigenvalue weighted by atomic mass is 9.96. The zero-order chi connectivity index (χ0) is 12.8. The Kier molecular flexibility index (Phi) is 4.81. The smallest absolute Gasteiger partial charge is 0.222 e. The number of nitrogens with one attached hydrogen (secondary N) is 1. The van der Waals surface area contributed by atoms with Crippen LogP contribution in [0.15, 0.2) is 11.6 Å². The van der Waals surface area contributed by atoms with E-state index in [1.165, 1.54) is 31.3 Å². The van der Waals surface area contributed by atoms with Crippen LogP contribution in [0.3, 0.4) is 0 Å². The van der Waals surface area contributed by atoms with Gasteiger partial charge in [-0.15, -0.1) is 0 Å². The van der Waals surface area contributed by atoms with Crippen molar-refractivity contribution in [2.75, 3.05) is 6.54 Å². The predicted molar refractivity (Wildman–Crippen MR) is 72.2 cm³/mol. The van der Waals surface area contributed by atoms with Crippen LogP contribution in [0.5, 0.6) is 0 Å². The molecule has 0 radical (unpaired) electrons. The van der Waals surface area contributed by atoms with Crippen LogP contribution in [0, 0.1) is 0 Å². The molecule has 2 rings (SSSR count). The van der Waals surface area contributed by atoms with Crippen LogP contribution in [-0.4, -0.2) is 23.2 Å². The lowest BCUT2D eigenvalue weighted by Crippen LogP contribution is -2.35. The quantitative estimate of drug-likeness (QED) is 0.738. The molecule has 1 saturated carbocycles. The van der Waals surface area contributed by atoms with Crippen LogP contribution >= 0.6 is 0 Å². The minimum atomic E-state index is -0.714. The molecule has 2 N–H and O–H groups in total. The zero-order valence-corrected chi connectivity index (χ0v) is 11.2. The molecule has 3 nitrogen and oxygen atoms in total. The van der Waals surface area contributed by atoms with E-state index in [1.807, 2.05) is 0 Å². The topological polar surface area (TPSA) is 49.3 Å². The first-order valence-electron chi connectivity index (χ1n) is 7.35. The third-order valence-electron chi connectivity index (χ3n) is 4.18. The molecule has 2 aliphatic carbocycles. The molecule has 1 fully saturated rings. The Labute approximate surface area is 110 Å². The van der Waals surface area contributed by atoms with E-state index < -0.39 is 5.60 Å². The van der Waals surface area contributed by atoms with Crippen molar-refractivity contribution in [3.63, 3.8) is 0 Å². The molecule has 0 spiro atoms.